The lowest BCUT2D eigenvalue weighted by Gasteiger charge is -2.41. The summed E-state index contributed by atoms with van der Waals surface area (Å²) in [5.41, 5.74) is 0.459. The first-order valence-corrected chi connectivity index (χ1v) is 7.90. The molecule has 2 fully saturated rings. The third kappa shape index (κ3) is 2.71. The largest absolute Gasteiger partial charge is 0.333 e. The van der Waals surface area contributed by atoms with Crippen molar-refractivity contribution < 1.29 is 0 Å². The second-order valence-electron chi connectivity index (χ2n) is 7.07. The van der Waals surface area contributed by atoms with Gasteiger partial charge in [0.15, 0.2) is 0 Å². The van der Waals surface area contributed by atoms with E-state index in [2.05, 4.69) is 34.9 Å². The third-order valence-corrected chi connectivity index (χ3v) is 5.31. The summed E-state index contributed by atoms with van der Waals surface area (Å²) in [5, 5.41) is 4.00. The lowest BCUT2D eigenvalue weighted by molar-refractivity contribution is 0.147. The molecule has 3 heteroatoms. The van der Waals surface area contributed by atoms with Crippen LogP contribution in [0.4, 0.5) is 0 Å². The highest BCUT2D eigenvalue weighted by Gasteiger charge is 2.36. The highest BCUT2D eigenvalue weighted by molar-refractivity contribution is 4.96. The highest BCUT2D eigenvalue weighted by Crippen LogP contribution is 2.38. The van der Waals surface area contributed by atoms with Crippen molar-refractivity contribution >= 4 is 0 Å². The van der Waals surface area contributed by atoms with Crippen molar-refractivity contribution in [1.82, 2.24) is 14.9 Å². The zero-order valence-corrected chi connectivity index (χ0v) is 12.3. The Labute approximate surface area is 116 Å². The number of hydrogen-bond acceptors (Lipinski definition) is 2. The molecule has 106 valence electrons. The second kappa shape index (κ2) is 5.28. The molecule has 1 heterocycles. The maximum Gasteiger partial charge on any atom is 0.0949 e. The van der Waals surface area contributed by atoms with Crippen LogP contribution in [0.25, 0.3) is 0 Å². The quantitative estimate of drug-likeness (QED) is 0.902. The molecule has 0 aromatic carbocycles. The van der Waals surface area contributed by atoms with Crippen molar-refractivity contribution in [2.45, 2.75) is 76.9 Å². The number of imidazole rings is 1. The molecule has 0 saturated heterocycles. The van der Waals surface area contributed by atoms with E-state index in [1.165, 1.54) is 44.9 Å². The van der Waals surface area contributed by atoms with Gasteiger partial charge >= 0.3 is 0 Å². The van der Waals surface area contributed by atoms with Crippen LogP contribution in [0.15, 0.2) is 18.7 Å². The van der Waals surface area contributed by atoms with Crippen LogP contribution in [0.2, 0.25) is 0 Å². The molecule has 19 heavy (non-hydrogen) atoms. The zero-order chi connectivity index (χ0) is 13.3. The molecule has 1 aromatic heterocycles. The van der Waals surface area contributed by atoms with Crippen LogP contribution in [-0.4, -0.2) is 21.6 Å². The van der Waals surface area contributed by atoms with E-state index in [4.69, 9.17) is 0 Å². The first-order chi connectivity index (χ1) is 9.17. The third-order valence-electron chi connectivity index (χ3n) is 5.31. The normalized spacial score (nSPS) is 34.5. The number of rotatable bonds is 3. The minimum absolute atomic E-state index is 0.459. The molecular weight excluding hydrogens is 234 g/mol. The Bertz CT molecular complexity index is 396. The predicted octanol–water partition coefficient (Wildman–Crippen LogP) is 3.54. The molecular formula is C16H27N3. The molecule has 0 spiro atoms. The van der Waals surface area contributed by atoms with Gasteiger partial charge in [0.1, 0.15) is 0 Å². The fraction of sp³-hybridized carbons (Fsp3) is 0.812. The summed E-state index contributed by atoms with van der Waals surface area (Å²) in [5.74, 6) is 0. The smallest absolute Gasteiger partial charge is 0.0949 e. The summed E-state index contributed by atoms with van der Waals surface area (Å²) in [6, 6.07) is 1.94. The van der Waals surface area contributed by atoms with Crippen molar-refractivity contribution in [3.05, 3.63) is 18.7 Å². The molecule has 3 nitrogen and oxygen atoms in total. The Morgan fingerprint density at radius 2 is 2.05 bits per heavy atom. The van der Waals surface area contributed by atoms with E-state index in [0.29, 0.717) is 23.5 Å². The van der Waals surface area contributed by atoms with Gasteiger partial charge in [0.25, 0.3) is 0 Å². The first kappa shape index (κ1) is 13.2. The van der Waals surface area contributed by atoms with Gasteiger partial charge in [-0.3, -0.25) is 0 Å². The predicted molar refractivity (Wildman–Crippen MR) is 78.1 cm³/mol. The summed E-state index contributed by atoms with van der Waals surface area (Å²) < 4.78 is 2.31. The second-order valence-corrected chi connectivity index (χ2v) is 7.07. The van der Waals surface area contributed by atoms with Crippen LogP contribution in [0.3, 0.4) is 0 Å². The highest BCUT2D eigenvalue weighted by atomic mass is 15.1. The molecule has 2 aliphatic rings. The zero-order valence-electron chi connectivity index (χ0n) is 12.3. The number of nitrogens with zero attached hydrogens (tertiary/aromatic N) is 2. The fourth-order valence-corrected chi connectivity index (χ4v) is 4.02. The standard InChI is InChI=1S/C16H27N3/c1-16(2)9-4-3-8-15(16)18-13-6-5-7-14(13)19-11-10-17-12-19/h10-15,18H,3-9H2,1-2H3. The molecule has 0 radical (unpaired) electrons. The van der Waals surface area contributed by atoms with E-state index < -0.39 is 0 Å². The molecule has 1 aromatic rings. The van der Waals surface area contributed by atoms with Gasteiger partial charge in [-0.05, 0) is 37.5 Å². The average Bonchev–Trinajstić information content (AvgIpc) is 3.01. The lowest BCUT2D eigenvalue weighted by Crippen LogP contribution is -2.49. The van der Waals surface area contributed by atoms with Crippen LogP contribution < -0.4 is 5.32 Å². The van der Waals surface area contributed by atoms with Gasteiger partial charge in [0.2, 0.25) is 0 Å². The molecule has 3 atom stereocenters. The Hall–Kier alpha value is -0.830. The fourth-order valence-electron chi connectivity index (χ4n) is 4.02. The van der Waals surface area contributed by atoms with Crippen LogP contribution in [0.5, 0.6) is 0 Å². The molecule has 2 aliphatic carbocycles. The monoisotopic (exact) mass is 261 g/mol. The van der Waals surface area contributed by atoms with Crippen molar-refractivity contribution in [3.63, 3.8) is 0 Å². The Balaban J connectivity index is 1.68. The first-order valence-electron chi connectivity index (χ1n) is 7.90. The molecule has 3 rings (SSSR count). The van der Waals surface area contributed by atoms with E-state index in [1.54, 1.807) is 0 Å². The maximum atomic E-state index is 4.21. The molecule has 3 unspecified atom stereocenters. The van der Waals surface area contributed by atoms with Crippen LogP contribution in [0, 0.1) is 5.41 Å². The SMILES string of the molecule is CC1(C)CCCCC1NC1CCCC1n1ccnc1. The van der Waals surface area contributed by atoms with E-state index in [1.807, 2.05) is 12.5 Å². The van der Waals surface area contributed by atoms with Crippen molar-refractivity contribution in [1.29, 1.82) is 0 Å². The van der Waals surface area contributed by atoms with Crippen molar-refractivity contribution in [2.75, 3.05) is 0 Å². The minimum atomic E-state index is 0.459. The van der Waals surface area contributed by atoms with Crippen LogP contribution >= 0.6 is 0 Å². The number of hydrogen-bond donors (Lipinski definition) is 1. The average molecular weight is 261 g/mol. The number of aromatic nitrogens is 2. The molecule has 1 N–H and O–H groups in total. The van der Waals surface area contributed by atoms with Crippen molar-refractivity contribution in [3.8, 4) is 0 Å². The Kier molecular flexibility index (Phi) is 3.66. The topological polar surface area (TPSA) is 29.9 Å². The van der Waals surface area contributed by atoms with Gasteiger partial charge in [-0.25, -0.2) is 4.98 Å². The van der Waals surface area contributed by atoms with Gasteiger partial charge in [-0.1, -0.05) is 26.7 Å². The molecule has 0 amide bonds. The van der Waals surface area contributed by atoms with E-state index in [0.717, 1.165) is 0 Å². The van der Waals surface area contributed by atoms with Gasteiger partial charge < -0.3 is 9.88 Å². The van der Waals surface area contributed by atoms with Gasteiger partial charge in [-0.2, -0.15) is 0 Å². The molecule has 2 saturated carbocycles. The minimum Gasteiger partial charge on any atom is -0.333 e. The van der Waals surface area contributed by atoms with E-state index in [-0.39, 0.29) is 0 Å². The molecule has 0 aliphatic heterocycles. The lowest BCUT2D eigenvalue weighted by atomic mass is 9.73. The van der Waals surface area contributed by atoms with Crippen LogP contribution in [0.1, 0.15) is 64.8 Å². The summed E-state index contributed by atoms with van der Waals surface area (Å²) in [6.07, 6.45) is 15.5. The van der Waals surface area contributed by atoms with Gasteiger partial charge in [0.05, 0.1) is 6.33 Å². The summed E-state index contributed by atoms with van der Waals surface area (Å²) in [6.45, 7) is 4.87. The summed E-state index contributed by atoms with van der Waals surface area (Å²) >= 11 is 0. The Morgan fingerprint density at radius 3 is 2.79 bits per heavy atom. The van der Waals surface area contributed by atoms with Crippen LogP contribution in [-0.2, 0) is 0 Å². The molecule has 0 bridgehead atoms. The van der Waals surface area contributed by atoms with E-state index >= 15 is 0 Å². The Morgan fingerprint density at radius 1 is 1.16 bits per heavy atom. The van der Waals surface area contributed by atoms with E-state index in [9.17, 15) is 0 Å². The summed E-state index contributed by atoms with van der Waals surface area (Å²) in [7, 11) is 0. The van der Waals surface area contributed by atoms with Gasteiger partial charge in [0, 0.05) is 30.5 Å². The maximum absolute atomic E-state index is 4.21. The van der Waals surface area contributed by atoms with Crippen molar-refractivity contribution in [2.24, 2.45) is 5.41 Å². The van der Waals surface area contributed by atoms with Gasteiger partial charge in [-0.15, -0.1) is 0 Å². The number of nitrogens with one attached hydrogen (secondary N) is 1. The summed E-state index contributed by atoms with van der Waals surface area (Å²) in [4.78, 5) is 4.21.